The zero-order chi connectivity index (χ0) is 22.1. The summed E-state index contributed by atoms with van der Waals surface area (Å²) in [6.07, 6.45) is 2.45. The second kappa shape index (κ2) is 12.0. The van der Waals surface area contributed by atoms with Crippen LogP contribution in [0.2, 0.25) is 0 Å². The molecule has 0 radical (unpaired) electrons. The van der Waals surface area contributed by atoms with E-state index in [0.29, 0.717) is 25.7 Å². The Morgan fingerprint density at radius 3 is 1.82 bits per heavy atom. The van der Waals surface area contributed by atoms with E-state index in [0.717, 1.165) is 6.42 Å². The molecule has 0 spiro atoms. The maximum atomic E-state index is 13.0. The molecular formula is C23H44O5. The fourth-order valence-electron chi connectivity index (χ4n) is 3.10. The first kappa shape index (κ1) is 27.2. The third-order valence-corrected chi connectivity index (χ3v) is 6.34. The molecule has 0 aromatic rings. The van der Waals surface area contributed by atoms with Crippen molar-refractivity contribution in [1.29, 1.82) is 0 Å². The first-order valence-corrected chi connectivity index (χ1v) is 11.0. The van der Waals surface area contributed by atoms with E-state index < -0.39 is 11.0 Å². The van der Waals surface area contributed by atoms with Gasteiger partial charge in [-0.15, -0.1) is 0 Å². The van der Waals surface area contributed by atoms with Gasteiger partial charge in [0.1, 0.15) is 11.4 Å². The Bertz CT molecular complexity index is 487. The highest BCUT2D eigenvalue weighted by molar-refractivity contribution is 5.87. The Hall–Kier alpha value is -0.780. The zero-order valence-electron chi connectivity index (χ0n) is 19.6. The van der Waals surface area contributed by atoms with Crippen LogP contribution in [0.15, 0.2) is 0 Å². The first-order valence-electron chi connectivity index (χ1n) is 11.0. The van der Waals surface area contributed by atoms with Gasteiger partial charge in [0, 0.05) is 12.8 Å². The molecule has 0 heterocycles. The minimum atomic E-state index is -1.33. The lowest BCUT2D eigenvalue weighted by Crippen LogP contribution is -2.44. The van der Waals surface area contributed by atoms with Crippen LogP contribution in [0.4, 0.5) is 0 Å². The molecule has 5 heteroatoms. The number of Topliss-reactive ketones (excluding diaryl/α,β-unsaturated/α-hetero) is 2. The normalized spacial score (nSPS) is 20.5. The average Bonchev–Trinajstić information content (AvgIpc) is 2.65. The van der Waals surface area contributed by atoms with E-state index in [2.05, 4.69) is 6.92 Å². The van der Waals surface area contributed by atoms with Crippen molar-refractivity contribution in [3.05, 3.63) is 0 Å². The minimum Gasteiger partial charge on any atom is -0.382 e. The summed E-state index contributed by atoms with van der Waals surface area (Å²) in [5.41, 5.74) is -1.97. The highest BCUT2D eigenvalue weighted by atomic mass is 16.5. The lowest BCUT2D eigenvalue weighted by molar-refractivity contribution is -0.149. The van der Waals surface area contributed by atoms with Gasteiger partial charge in [-0.3, -0.25) is 9.59 Å². The number of rotatable bonds is 15. The van der Waals surface area contributed by atoms with Crippen molar-refractivity contribution in [2.45, 2.75) is 131 Å². The summed E-state index contributed by atoms with van der Waals surface area (Å²) in [5, 5.41) is 10.2. The van der Waals surface area contributed by atoms with Crippen molar-refractivity contribution in [3.8, 4) is 0 Å². The van der Waals surface area contributed by atoms with Crippen LogP contribution in [0, 0.1) is 5.41 Å². The van der Waals surface area contributed by atoms with Crippen LogP contribution in [0.1, 0.15) is 101 Å². The number of aliphatic hydroxyl groups is 1. The fraction of sp³-hybridized carbons (Fsp3) is 0.913. The topological polar surface area (TPSA) is 72.8 Å². The van der Waals surface area contributed by atoms with Crippen LogP contribution in [-0.2, 0) is 19.1 Å². The molecule has 6 atom stereocenters. The molecule has 5 nitrogen and oxygen atoms in total. The third kappa shape index (κ3) is 7.92. The van der Waals surface area contributed by atoms with Gasteiger partial charge in [0.25, 0.3) is 0 Å². The van der Waals surface area contributed by atoms with Crippen molar-refractivity contribution < 1.29 is 24.2 Å². The highest BCUT2D eigenvalue weighted by Gasteiger charge is 2.40. The summed E-state index contributed by atoms with van der Waals surface area (Å²) in [5.74, 6) is -0.0887. The number of hydrogen-bond acceptors (Lipinski definition) is 5. The molecule has 6 unspecified atom stereocenters. The molecule has 0 amide bonds. The zero-order valence-corrected chi connectivity index (χ0v) is 19.6. The van der Waals surface area contributed by atoms with Crippen LogP contribution in [-0.4, -0.2) is 46.7 Å². The molecule has 0 saturated heterocycles. The van der Waals surface area contributed by atoms with Gasteiger partial charge in [0.05, 0.1) is 29.8 Å². The van der Waals surface area contributed by atoms with E-state index in [4.69, 9.17) is 9.47 Å². The maximum absolute atomic E-state index is 13.0. The van der Waals surface area contributed by atoms with Crippen LogP contribution < -0.4 is 0 Å². The van der Waals surface area contributed by atoms with E-state index in [-0.39, 0.29) is 42.4 Å². The molecule has 28 heavy (non-hydrogen) atoms. The van der Waals surface area contributed by atoms with Gasteiger partial charge in [-0.05, 0) is 53.4 Å². The molecule has 0 fully saturated rings. The molecule has 0 aromatic heterocycles. The third-order valence-electron chi connectivity index (χ3n) is 6.34. The van der Waals surface area contributed by atoms with E-state index in [1.54, 1.807) is 13.8 Å². The molecule has 0 saturated carbocycles. The average molecular weight is 401 g/mol. The second-order valence-corrected chi connectivity index (χ2v) is 8.63. The smallest absolute Gasteiger partial charge is 0.166 e. The minimum absolute atomic E-state index is 0.125. The predicted octanol–water partition coefficient (Wildman–Crippen LogP) is 4.87. The SMILES string of the molecule is CCC(C)OC(C)CC(=O)C(C)(CC)C(C)OC(CC)CC(=O)C(C)(O)CC. The molecule has 166 valence electrons. The van der Waals surface area contributed by atoms with Crippen molar-refractivity contribution in [3.63, 3.8) is 0 Å². The van der Waals surface area contributed by atoms with Crippen LogP contribution in [0.25, 0.3) is 0 Å². The Labute approximate surface area is 172 Å². The Morgan fingerprint density at radius 1 is 0.821 bits per heavy atom. The summed E-state index contributed by atoms with van der Waals surface area (Å²) in [7, 11) is 0. The number of ketones is 2. The fourth-order valence-corrected chi connectivity index (χ4v) is 3.10. The van der Waals surface area contributed by atoms with E-state index in [1.165, 1.54) is 0 Å². The largest absolute Gasteiger partial charge is 0.382 e. The van der Waals surface area contributed by atoms with Gasteiger partial charge in [0.15, 0.2) is 5.78 Å². The molecular weight excluding hydrogens is 356 g/mol. The summed E-state index contributed by atoms with van der Waals surface area (Å²) in [6.45, 7) is 17.1. The van der Waals surface area contributed by atoms with E-state index in [9.17, 15) is 14.7 Å². The first-order chi connectivity index (χ1) is 12.9. The van der Waals surface area contributed by atoms with Gasteiger partial charge in [0.2, 0.25) is 0 Å². The van der Waals surface area contributed by atoms with Crippen molar-refractivity contribution in [1.82, 2.24) is 0 Å². The van der Waals surface area contributed by atoms with Gasteiger partial charge < -0.3 is 14.6 Å². The monoisotopic (exact) mass is 400 g/mol. The Balaban J connectivity index is 5.08. The summed E-state index contributed by atoms with van der Waals surface area (Å²) in [6, 6.07) is 0. The van der Waals surface area contributed by atoms with Gasteiger partial charge in [-0.1, -0.05) is 34.6 Å². The number of carbonyl (C=O) groups is 2. The van der Waals surface area contributed by atoms with Crippen molar-refractivity contribution in [2.24, 2.45) is 5.41 Å². The van der Waals surface area contributed by atoms with Crippen molar-refractivity contribution in [2.75, 3.05) is 0 Å². The Kier molecular flexibility index (Phi) is 11.7. The quantitative estimate of drug-likeness (QED) is 0.424. The lowest BCUT2D eigenvalue weighted by Gasteiger charge is -2.36. The molecule has 1 N–H and O–H groups in total. The van der Waals surface area contributed by atoms with Crippen molar-refractivity contribution >= 4 is 11.6 Å². The maximum Gasteiger partial charge on any atom is 0.166 e. The molecule has 0 aliphatic carbocycles. The lowest BCUT2D eigenvalue weighted by atomic mass is 9.76. The number of carbonyl (C=O) groups excluding carboxylic acids is 2. The van der Waals surface area contributed by atoms with E-state index >= 15 is 0 Å². The second-order valence-electron chi connectivity index (χ2n) is 8.63. The predicted molar refractivity (Wildman–Crippen MR) is 113 cm³/mol. The van der Waals surface area contributed by atoms with E-state index in [1.807, 2.05) is 41.5 Å². The van der Waals surface area contributed by atoms with Gasteiger partial charge in [-0.2, -0.15) is 0 Å². The van der Waals surface area contributed by atoms with Gasteiger partial charge >= 0.3 is 0 Å². The standard InChI is InChI=1S/C23H44O5/c1-10-16(5)27-17(6)14-20(24)22(8,12-3)18(7)28-19(11-2)15-21(25)23(9,26)13-4/h16-19,26H,10-15H2,1-9H3. The summed E-state index contributed by atoms with van der Waals surface area (Å²) < 4.78 is 12.0. The molecule has 0 rings (SSSR count). The molecule has 0 aliphatic heterocycles. The highest BCUT2D eigenvalue weighted by Crippen LogP contribution is 2.33. The Morgan fingerprint density at radius 2 is 1.39 bits per heavy atom. The van der Waals surface area contributed by atoms with Gasteiger partial charge in [-0.25, -0.2) is 0 Å². The summed E-state index contributed by atoms with van der Waals surface area (Å²) in [4.78, 5) is 25.4. The number of ether oxygens (including phenoxy) is 2. The number of hydrogen-bond donors (Lipinski definition) is 1. The summed E-state index contributed by atoms with van der Waals surface area (Å²) >= 11 is 0. The molecule has 0 aliphatic rings. The van der Waals surface area contributed by atoms with Crippen LogP contribution in [0.5, 0.6) is 0 Å². The molecule has 0 aromatic carbocycles. The molecule has 0 bridgehead atoms. The van der Waals surface area contributed by atoms with Crippen LogP contribution in [0.3, 0.4) is 0 Å². The van der Waals surface area contributed by atoms with Crippen LogP contribution >= 0.6 is 0 Å².